The summed E-state index contributed by atoms with van der Waals surface area (Å²) in [5.41, 5.74) is 3.27. The highest BCUT2D eigenvalue weighted by molar-refractivity contribution is 7.12. The maximum absolute atomic E-state index is 12.6. The molecule has 5 heteroatoms. The molecule has 23 heavy (non-hydrogen) atoms. The lowest BCUT2D eigenvalue weighted by Crippen LogP contribution is -2.35. The van der Waals surface area contributed by atoms with Crippen LogP contribution in [0.1, 0.15) is 22.2 Å². The SMILES string of the molecule is Cc1ccc(-c2ccsc2C(=O)N[C@H](C)Cn2ccnc2)cc1. The number of hydrogen-bond acceptors (Lipinski definition) is 3. The Morgan fingerprint density at radius 3 is 2.78 bits per heavy atom. The molecule has 1 amide bonds. The summed E-state index contributed by atoms with van der Waals surface area (Å²) in [4.78, 5) is 17.4. The molecule has 3 rings (SSSR count). The first kappa shape index (κ1) is 15.5. The standard InChI is InChI=1S/C18H19N3OS/c1-13-3-5-15(6-4-13)16-7-10-23-17(16)18(22)20-14(2)11-21-9-8-19-12-21/h3-10,12,14H,11H2,1-2H3,(H,20,22)/t14-/m1/s1. The zero-order chi connectivity index (χ0) is 16.2. The largest absolute Gasteiger partial charge is 0.347 e. The minimum absolute atomic E-state index is 0.0248. The number of amides is 1. The molecule has 0 aliphatic carbocycles. The number of hydrogen-bond donors (Lipinski definition) is 1. The Kier molecular flexibility index (Phi) is 4.57. The summed E-state index contributed by atoms with van der Waals surface area (Å²) in [5, 5.41) is 5.03. The number of imidazole rings is 1. The summed E-state index contributed by atoms with van der Waals surface area (Å²) in [6.07, 6.45) is 5.39. The van der Waals surface area contributed by atoms with Crippen LogP contribution in [-0.4, -0.2) is 21.5 Å². The van der Waals surface area contributed by atoms with Gasteiger partial charge in [0.25, 0.3) is 5.91 Å². The molecule has 0 aliphatic heterocycles. The Hall–Kier alpha value is -2.40. The van der Waals surface area contributed by atoms with Gasteiger partial charge >= 0.3 is 0 Å². The van der Waals surface area contributed by atoms with E-state index in [4.69, 9.17) is 0 Å². The molecule has 2 aromatic heterocycles. The van der Waals surface area contributed by atoms with E-state index in [1.165, 1.54) is 16.9 Å². The summed E-state index contributed by atoms with van der Waals surface area (Å²) >= 11 is 1.48. The van der Waals surface area contributed by atoms with Gasteiger partial charge in [0, 0.05) is 30.5 Å². The minimum Gasteiger partial charge on any atom is -0.347 e. The van der Waals surface area contributed by atoms with E-state index in [0.29, 0.717) is 6.54 Å². The number of aryl methyl sites for hydroxylation is 1. The van der Waals surface area contributed by atoms with Crippen LogP contribution in [-0.2, 0) is 6.54 Å². The third-order valence-electron chi connectivity index (χ3n) is 3.66. The van der Waals surface area contributed by atoms with Gasteiger partial charge in [0.2, 0.25) is 0 Å². The highest BCUT2D eigenvalue weighted by atomic mass is 32.1. The molecule has 0 saturated heterocycles. The van der Waals surface area contributed by atoms with E-state index in [-0.39, 0.29) is 11.9 Å². The number of nitrogens with zero attached hydrogens (tertiary/aromatic N) is 2. The normalized spacial score (nSPS) is 12.1. The molecule has 0 spiro atoms. The average Bonchev–Trinajstić information content (AvgIpc) is 3.19. The monoisotopic (exact) mass is 325 g/mol. The lowest BCUT2D eigenvalue weighted by Gasteiger charge is -2.14. The van der Waals surface area contributed by atoms with Gasteiger partial charge in [0.15, 0.2) is 0 Å². The van der Waals surface area contributed by atoms with Crippen molar-refractivity contribution in [2.45, 2.75) is 26.4 Å². The first-order valence-corrected chi connectivity index (χ1v) is 8.42. The van der Waals surface area contributed by atoms with Gasteiger partial charge in [-0.05, 0) is 30.9 Å². The lowest BCUT2D eigenvalue weighted by molar-refractivity contribution is 0.0941. The third-order valence-corrected chi connectivity index (χ3v) is 4.57. The fraction of sp³-hybridized carbons (Fsp3) is 0.222. The summed E-state index contributed by atoms with van der Waals surface area (Å²) in [7, 11) is 0. The van der Waals surface area contributed by atoms with Crippen molar-refractivity contribution in [3.8, 4) is 11.1 Å². The number of aromatic nitrogens is 2. The van der Waals surface area contributed by atoms with Gasteiger partial charge < -0.3 is 9.88 Å². The average molecular weight is 325 g/mol. The van der Waals surface area contributed by atoms with Crippen molar-refractivity contribution in [1.82, 2.24) is 14.9 Å². The fourth-order valence-electron chi connectivity index (χ4n) is 2.49. The van der Waals surface area contributed by atoms with Crippen molar-refractivity contribution < 1.29 is 4.79 Å². The lowest BCUT2D eigenvalue weighted by atomic mass is 10.0. The molecule has 3 aromatic rings. The highest BCUT2D eigenvalue weighted by Crippen LogP contribution is 2.28. The van der Waals surface area contributed by atoms with Crippen LogP contribution in [0.25, 0.3) is 11.1 Å². The van der Waals surface area contributed by atoms with Gasteiger partial charge in [-0.2, -0.15) is 0 Å². The van der Waals surface area contributed by atoms with Gasteiger partial charge in [-0.25, -0.2) is 4.98 Å². The summed E-state index contributed by atoms with van der Waals surface area (Å²) in [6.45, 7) is 4.76. The molecule has 118 valence electrons. The van der Waals surface area contributed by atoms with E-state index >= 15 is 0 Å². The van der Waals surface area contributed by atoms with Gasteiger partial charge in [0.1, 0.15) is 0 Å². The van der Waals surface area contributed by atoms with Crippen LogP contribution < -0.4 is 5.32 Å². The highest BCUT2D eigenvalue weighted by Gasteiger charge is 2.16. The van der Waals surface area contributed by atoms with Crippen molar-refractivity contribution in [2.75, 3.05) is 0 Å². The second-order valence-electron chi connectivity index (χ2n) is 5.66. The Labute approximate surface area is 139 Å². The van der Waals surface area contributed by atoms with Crippen LogP contribution in [0.2, 0.25) is 0 Å². The van der Waals surface area contributed by atoms with Crippen molar-refractivity contribution >= 4 is 17.2 Å². The topological polar surface area (TPSA) is 46.9 Å². The van der Waals surface area contributed by atoms with E-state index in [2.05, 4.69) is 41.5 Å². The van der Waals surface area contributed by atoms with E-state index in [1.54, 1.807) is 12.5 Å². The van der Waals surface area contributed by atoms with Crippen LogP contribution in [0.3, 0.4) is 0 Å². The van der Waals surface area contributed by atoms with E-state index in [0.717, 1.165) is 16.0 Å². The Bertz CT molecular complexity index is 775. The third kappa shape index (κ3) is 3.68. The van der Waals surface area contributed by atoms with Gasteiger partial charge in [0.05, 0.1) is 11.2 Å². The van der Waals surface area contributed by atoms with Gasteiger partial charge in [-0.3, -0.25) is 4.79 Å². The van der Waals surface area contributed by atoms with Crippen LogP contribution in [0.4, 0.5) is 0 Å². The Morgan fingerprint density at radius 2 is 2.09 bits per heavy atom. The molecule has 1 aromatic carbocycles. The molecule has 4 nitrogen and oxygen atoms in total. The molecule has 0 saturated carbocycles. The first-order chi connectivity index (χ1) is 11.1. The smallest absolute Gasteiger partial charge is 0.262 e. The summed E-state index contributed by atoms with van der Waals surface area (Å²) < 4.78 is 1.96. The second-order valence-corrected chi connectivity index (χ2v) is 6.58. The predicted molar refractivity (Wildman–Crippen MR) is 93.6 cm³/mol. The number of thiophene rings is 1. The molecular weight excluding hydrogens is 306 g/mol. The molecular formula is C18H19N3OS. The van der Waals surface area contributed by atoms with E-state index in [1.807, 2.05) is 29.1 Å². The molecule has 0 aliphatic rings. The number of nitrogens with one attached hydrogen (secondary N) is 1. The van der Waals surface area contributed by atoms with Gasteiger partial charge in [-0.15, -0.1) is 11.3 Å². The quantitative estimate of drug-likeness (QED) is 0.777. The molecule has 0 unspecified atom stereocenters. The first-order valence-electron chi connectivity index (χ1n) is 7.54. The number of carbonyl (C=O) groups excluding carboxylic acids is 1. The Morgan fingerprint density at radius 1 is 1.30 bits per heavy atom. The van der Waals surface area contributed by atoms with Crippen molar-refractivity contribution in [3.05, 3.63) is 64.9 Å². The molecule has 1 atom stereocenters. The van der Waals surface area contributed by atoms with Crippen molar-refractivity contribution in [1.29, 1.82) is 0 Å². The molecule has 1 N–H and O–H groups in total. The fourth-order valence-corrected chi connectivity index (χ4v) is 3.31. The summed E-state index contributed by atoms with van der Waals surface area (Å²) in [5.74, 6) is -0.0248. The molecule has 2 heterocycles. The number of benzene rings is 1. The van der Waals surface area contributed by atoms with Gasteiger partial charge in [-0.1, -0.05) is 29.8 Å². The van der Waals surface area contributed by atoms with Crippen LogP contribution in [0.15, 0.2) is 54.4 Å². The number of carbonyl (C=O) groups is 1. The summed E-state index contributed by atoms with van der Waals surface area (Å²) in [6, 6.07) is 10.3. The van der Waals surface area contributed by atoms with Crippen LogP contribution in [0, 0.1) is 6.92 Å². The maximum atomic E-state index is 12.6. The molecule has 0 radical (unpaired) electrons. The minimum atomic E-state index is -0.0248. The second kappa shape index (κ2) is 6.79. The Balaban J connectivity index is 1.73. The van der Waals surface area contributed by atoms with Crippen LogP contribution in [0.5, 0.6) is 0 Å². The van der Waals surface area contributed by atoms with Crippen LogP contribution >= 0.6 is 11.3 Å². The molecule has 0 fully saturated rings. The van der Waals surface area contributed by atoms with E-state index in [9.17, 15) is 4.79 Å². The van der Waals surface area contributed by atoms with Crippen molar-refractivity contribution in [2.24, 2.45) is 0 Å². The maximum Gasteiger partial charge on any atom is 0.262 e. The molecule has 0 bridgehead atoms. The van der Waals surface area contributed by atoms with E-state index < -0.39 is 0 Å². The predicted octanol–water partition coefficient (Wildman–Crippen LogP) is 3.74. The number of rotatable bonds is 5. The van der Waals surface area contributed by atoms with Crippen molar-refractivity contribution in [3.63, 3.8) is 0 Å². The zero-order valence-corrected chi connectivity index (χ0v) is 14.0. The zero-order valence-electron chi connectivity index (χ0n) is 13.2.